The minimum absolute atomic E-state index is 0.168. The fourth-order valence-electron chi connectivity index (χ4n) is 2.50. The fourth-order valence-corrected chi connectivity index (χ4v) is 2.50. The summed E-state index contributed by atoms with van der Waals surface area (Å²) in [6, 6.07) is 0. The molecule has 0 radical (unpaired) electrons. The molecule has 0 unspecified atom stereocenters. The summed E-state index contributed by atoms with van der Waals surface area (Å²) in [6.45, 7) is 0. The van der Waals surface area contributed by atoms with Gasteiger partial charge in [-0.15, -0.1) is 0 Å². The number of aromatic amines is 1. The zero-order valence-electron chi connectivity index (χ0n) is 9.48. The molecule has 2 aromatic rings. The Hall–Kier alpha value is -1.72. The van der Waals surface area contributed by atoms with Gasteiger partial charge in [-0.25, -0.2) is 9.61 Å². The number of nitrogens with one attached hydrogen (secondary N) is 1. The summed E-state index contributed by atoms with van der Waals surface area (Å²) in [5.41, 5.74) is 1.09. The summed E-state index contributed by atoms with van der Waals surface area (Å²) in [5, 5.41) is 7.21. The summed E-state index contributed by atoms with van der Waals surface area (Å²) in [5.74, 6) is 0.578. The minimum atomic E-state index is -0.168. The quantitative estimate of drug-likeness (QED) is 0.849. The van der Waals surface area contributed by atoms with Gasteiger partial charge in [0.25, 0.3) is 5.56 Å². The molecule has 1 fully saturated rings. The van der Waals surface area contributed by atoms with Crippen LogP contribution in [0.15, 0.2) is 9.42 Å². The molecular weight excluding hydrogens is 220 g/mol. The van der Waals surface area contributed by atoms with Gasteiger partial charge in [0.05, 0.1) is 0 Å². The van der Waals surface area contributed by atoms with Crippen molar-refractivity contribution < 1.29 is 4.63 Å². The SMILES string of the molecule is O=c1[nH]c2nonc2nc1CC1CCCCC1. The second-order valence-electron chi connectivity index (χ2n) is 4.66. The average molecular weight is 234 g/mol. The number of hydrogen-bond acceptors (Lipinski definition) is 5. The van der Waals surface area contributed by atoms with E-state index < -0.39 is 0 Å². The van der Waals surface area contributed by atoms with E-state index in [0.29, 0.717) is 22.9 Å². The Morgan fingerprint density at radius 2 is 2.06 bits per heavy atom. The van der Waals surface area contributed by atoms with Crippen LogP contribution < -0.4 is 5.56 Å². The third-order valence-electron chi connectivity index (χ3n) is 3.41. The van der Waals surface area contributed by atoms with Crippen molar-refractivity contribution in [1.82, 2.24) is 20.3 Å². The molecule has 1 aliphatic rings. The summed E-state index contributed by atoms with van der Waals surface area (Å²) < 4.78 is 4.53. The van der Waals surface area contributed by atoms with Gasteiger partial charge in [0.15, 0.2) is 0 Å². The maximum absolute atomic E-state index is 11.8. The number of hydrogen-bond donors (Lipinski definition) is 1. The third kappa shape index (κ3) is 2.07. The summed E-state index contributed by atoms with van der Waals surface area (Å²) in [7, 11) is 0. The van der Waals surface area contributed by atoms with E-state index >= 15 is 0 Å². The topological polar surface area (TPSA) is 84.7 Å². The van der Waals surface area contributed by atoms with E-state index in [0.717, 1.165) is 6.42 Å². The van der Waals surface area contributed by atoms with Gasteiger partial charge in [-0.3, -0.25) is 9.78 Å². The van der Waals surface area contributed by atoms with Gasteiger partial charge in [0, 0.05) is 0 Å². The Morgan fingerprint density at radius 1 is 1.24 bits per heavy atom. The maximum Gasteiger partial charge on any atom is 0.271 e. The lowest BCUT2D eigenvalue weighted by Crippen LogP contribution is -2.20. The van der Waals surface area contributed by atoms with Crippen LogP contribution in [0, 0.1) is 5.92 Å². The van der Waals surface area contributed by atoms with Crippen LogP contribution in [0.25, 0.3) is 11.3 Å². The fraction of sp³-hybridized carbons (Fsp3) is 0.636. The molecule has 0 amide bonds. The Kier molecular flexibility index (Phi) is 2.62. The number of rotatable bonds is 2. The van der Waals surface area contributed by atoms with Crippen LogP contribution in [-0.2, 0) is 6.42 Å². The summed E-state index contributed by atoms with van der Waals surface area (Å²) >= 11 is 0. The largest absolute Gasteiger partial charge is 0.299 e. The predicted octanol–water partition coefficient (Wildman–Crippen LogP) is 1.43. The standard InChI is InChI=1S/C11H14N4O2/c16-11-8(6-7-4-2-1-3-5-7)12-9-10(13-11)15-17-14-9/h7H,1-6H2,(H,13,15,16). The van der Waals surface area contributed by atoms with Crippen molar-refractivity contribution in [2.75, 3.05) is 0 Å². The third-order valence-corrected chi connectivity index (χ3v) is 3.41. The number of nitrogens with zero attached hydrogens (tertiary/aromatic N) is 3. The lowest BCUT2D eigenvalue weighted by molar-refractivity contribution is 0.314. The minimum Gasteiger partial charge on any atom is -0.299 e. The molecule has 6 heteroatoms. The molecule has 6 nitrogen and oxygen atoms in total. The van der Waals surface area contributed by atoms with E-state index in [-0.39, 0.29) is 5.56 Å². The van der Waals surface area contributed by atoms with Crippen molar-refractivity contribution >= 4 is 11.3 Å². The normalized spacial score (nSPS) is 17.6. The molecule has 0 aliphatic heterocycles. The average Bonchev–Trinajstić information content (AvgIpc) is 2.78. The summed E-state index contributed by atoms with van der Waals surface area (Å²) in [6.07, 6.45) is 6.95. The molecule has 1 saturated carbocycles. The summed E-state index contributed by atoms with van der Waals surface area (Å²) in [4.78, 5) is 18.6. The van der Waals surface area contributed by atoms with Crippen LogP contribution in [0.4, 0.5) is 0 Å². The lowest BCUT2D eigenvalue weighted by Gasteiger charge is -2.20. The van der Waals surface area contributed by atoms with Crippen molar-refractivity contribution in [3.63, 3.8) is 0 Å². The monoisotopic (exact) mass is 234 g/mol. The molecule has 1 aliphatic carbocycles. The van der Waals surface area contributed by atoms with Crippen LogP contribution in [-0.4, -0.2) is 20.3 Å². The van der Waals surface area contributed by atoms with Crippen molar-refractivity contribution in [1.29, 1.82) is 0 Å². The second kappa shape index (κ2) is 4.27. The molecule has 2 heterocycles. The van der Waals surface area contributed by atoms with Gasteiger partial charge >= 0.3 is 0 Å². The highest BCUT2D eigenvalue weighted by atomic mass is 16.6. The Bertz CT molecular complexity index is 568. The number of fused-ring (bicyclic) bond motifs is 1. The molecule has 2 aromatic heterocycles. The van der Waals surface area contributed by atoms with Crippen molar-refractivity contribution in [2.45, 2.75) is 38.5 Å². The van der Waals surface area contributed by atoms with Gasteiger partial charge in [0.2, 0.25) is 11.3 Å². The maximum atomic E-state index is 11.8. The van der Waals surface area contributed by atoms with Gasteiger partial charge in [0.1, 0.15) is 5.69 Å². The first-order chi connectivity index (χ1) is 8.33. The molecule has 0 bridgehead atoms. The molecule has 1 N–H and O–H groups in total. The van der Waals surface area contributed by atoms with Crippen LogP contribution >= 0.6 is 0 Å². The first kappa shape index (κ1) is 10.4. The molecule has 0 atom stereocenters. The Morgan fingerprint density at radius 3 is 2.88 bits per heavy atom. The molecule has 90 valence electrons. The van der Waals surface area contributed by atoms with Crippen LogP contribution in [0.1, 0.15) is 37.8 Å². The molecule has 0 aromatic carbocycles. The Balaban J connectivity index is 1.88. The molecule has 0 saturated heterocycles. The van der Waals surface area contributed by atoms with Gasteiger partial charge in [-0.05, 0) is 22.7 Å². The van der Waals surface area contributed by atoms with E-state index in [1.807, 2.05) is 0 Å². The van der Waals surface area contributed by atoms with E-state index in [1.54, 1.807) is 0 Å². The molecule has 17 heavy (non-hydrogen) atoms. The van der Waals surface area contributed by atoms with E-state index in [4.69, 9.17) is 0 Å². The first-order valence-electron chi connectivity index (χ1n) is 6.04. The van der Waals surface area contributed by atoms with E-state index in [9.17, 15) is 4.79 Å². The highest BCUT2D eigenvalue weighted by Gasteiger charge is 2.17. The number of H-pyrrole nitrogens is 1. The molecule has 0 spiro atoms. The highest BCUT2D eigenvalue weighted by Crippen LogP contribution is 2.25. The van der Waals surface area contributed by atoms with E-state index in [2.05, 4.69) is 24.9 Å². The Labute approximate surface area is 97.4 Å². The zero-order chi connectivity index (χ0) is 11.7. The lowest BCUT2D eigenvalue weighted by atomic mass is 9.86. The predicted molar refractivity (Wildman–Crippen MR) is 60.5 cm³/mol. The van der Waals surface area contributed by atoms with Gasteiger partial charge in [-0.1, -0.05) is 32.1 Å². The highest BCUT2D eigenvalue weighted by molar-refractivity contribution is 5.61. The van der Waals surface area contributed by atoms with Gasteiger partial charge in [-0.2, -0.15) is 0 Å². The van der Waals surface area contributed by atoms with Crippen molar-refractivity contribution in [2.24, 2.45) is 5.92 Å². The second-order valence-corrected chi connectivity index (χ2v) is 4.66. The van der Waals surface area contributed by atoms with Crippen molar-refractivity contribution in [3.8, 4) is 0 Å². The molecule has 3 rings (SSSR count). The first-order valence-corrected chi connectivity index (χ1v) is 6.04. The van der Waals surface area contributed by atoms with Crippen molar-refractivity contribution in [3.05, 3.63) is 16.0 Å². The number of aromatic nitrogens is 4. The van der Waals surface area contributed by atoms with E-state index in [1.165, 1.54) is 32.1 Å². The van der Waals surface area contributed by atoms with Crippen LogP contribution in [0.5, 0.6) is 0 Å². The zero-order valence-corrected chi connectivity index (χ0v) is 9.48. The smallest absolute Gasteiger partial charge is 0.271 e. The van der Waals surface area contributed by atoms with Crippen LogP contribution in [0.2, 0.25) is 0 Å². The molecular formula is C11H14N4O2. The van der Waals surface area contributed by atoms with Crippen LogP contribution in [0.3, 0.4) is 0 Å². The van der Waals surface area contributed by atoms with Gasteiger partial charge < -0.3 is 0 Å².